The largest absolute Gasteiger partial charge is 0.319 e. The first kappa shape index (κ1) is 9.72. The van der Waals surface area contributed by atoms with E-state index in [2.05, 4.69) is 37.4 Å². The molecule has 1 heteroatoms. The van der Waals surface area contributed by atoms with E-state index in [4.69, 9.17) is 0 Å². The van der Waals surface area contributed by atoms with Gasteiger partial charge in [0.25, 0.3) is 0 Å². The molecule has 0 spiro atoms. The van der Waals surface area contributed by atoms with E-state index in [0.29, 0.717) is 0 Å². The third-order valence-corrected chi connectivity index (χ3v) is 3.06. The Bertz CT molecular complexity index is 310. The van der Waals surface area contributed by atoms with Crippen molar-refractivity contribution in [2.75, 3.05) is 13.6 Å². The van der Waals surface area contributed by atoms with Gasteiger partial charge < -0.3 is 5.32 Å². The Morgan fingerprint density at radius 1 is 1.21 bits per heavy atom. The molecule has 76 valence electrons. The molecule has 0 aliphatic heterocycles. The molecule has 2 rings (SSSR count). The van der Waals surface area contributed by atoms with Crippen molar-refractivity contribution in [3.05, 3.63) is 34.9 Å². The molecule has 1 saturated carbocycles. The van der Waals surface area contributed by atoms with Gasteiger partial charge in [-0.3, -0.25) is 0 Å². The van der Waals surface area contributed by atoms with Crippen molar-refractivity contribution in [2.24, 2.45) is 5.92 Å². The molecule has 1 aliphatic carbocycles. The molecule has 0 bridgehead atoms. The average Bonchev–Trinajstić information content (AvgIpc) is 2.82. The van der Waals surface area contributed by atoms with Crippen LogP contribution >= 0.6 is 0 Å². The molecule has 0 heterocycles. The smallest absolute Gasteiger partial charge is 0.00175 e. The van der Waals surface area contributed by atoms with Gasteiger partial charge in [-0.15, -0.1) is 0 Å². The number of nitrogens with one attached hydrogen (secondary N) is 1. The topological polar surface area (TPSA) is 12.0 Å². The fraction of sp³-hybridized carbons (Fsp3) is 0.538. The van der Waals surface area contributed by atoms with E-state index >= 15 is 0 Å². The molecule has 0 unspecified atom stereocenters. The van der Waals surface area contributed by atoms with Gasteiger partial charge in [0.15, 0.2) is 0 Å². The van der Waals surface area contributed by atoms with Gasteiger partial charge in [-0.2, -0.15) is 0 Å². The number of hydrogen-bond acceptors (Lipinski definition) is 1. The lowest BCUT2D eigenvalue weighted by atomic mass is 10.0. The highest BCUT2D eigenvalue weighted by Gasteiger charge is 2.37. The van der Waals surface area contributed by atoms with Crippen LogP contribution in [0.1, 0.15) is 29.0 Å². The molecule has 1 fully saturated rings. The molecule has 0 amide bonds. The summed E-state index contributed by atoms with van der Waals surface area (Å²) < 4.78 is 0. The first-order valence-corrected chi connectivity index (χ1v) is 5.43. The summed E-state index contributed by atoms with van der Waals surface area (Å²) in [5.74, 6) is 1.70. The van der Waals surface area contributed by atoms with E-state index in [9.17, 15) is 0 Å². The summed E-state index contributed by atoms with van der Waals surface area (Å²) in [4.78, 5) is 0. The second-order valence-electron chi connectivity index (χ2n) is 4.58. The van der Waals surface area contributed by atoms with Crippen LogP contribution in [-0.2, 0) is 0 Å². The van der Waals surface area contributed by atoms with Crippen molar-refractivity contribution >= 4 is 0 Å². The zero-order chi connectivity index (χ0) is 10.1. The first-order valence-electron chi connectivity index (χ1n) is 5.43. The third kappa shape index (κ3) is 1.98. The van der Waals surface area contributed by atoms with Crippen LogP contribution in [0, 0.1) is 19.8 Å². The number of aryl methyl sites for hydroxylation is 2. The molecule has 0 aromatic heterocycles. The van der Waals surface area contributed by atoms with Crippen LogP contribution in [0.5, 0.6) is 0 Å². The Morgan fingerprint density at radius 3 is 2.43 bits per heavy atom. The predicted molar refractivity (Wildman–Crippen MR) is 60.7 cm³/mol. The van der Waals surface area contributed by atoms with E-state index in [1.165, 1.54) is 17.5 Å². The van der Waals surface area contributed by atoms with Crippen LogP contribution in [0.15, 0.2) is 18.2 Å². The van der Waals surface area contributed by atoms with Crippen LogP contribution in [0.25, 0.3) is 0 Å². The van der Waals surface area contributed by atoms with Gasteiger partial charge in [0.2, 0.25) is 0 Å². The molecular weight excluding hydrogens is 170 g/mol. The van der Waals surface area contributed by atoms with E-state index in [-0.39, 0.29) is 0 Å². The van der Waals surface area contributed by atoms with Crippen LogP contribution in [0.4, 0.5) is 0 Å². The molecule has 0 saturated heterocycles. The summed E-state index contributed by atoms with van der Waals surface area (Å²) in [5, 5.41) is 3.26. The highest BCUT2D eigenvalue weighted by Crippen LogP contribution is 2.47. The molecule has 2 atom stereocenters. The van der Waals surface area contributed by atoms with Crippen molar-refractivity contribution in [2.45, 2.75) is 26.2 Å². The highest BCUT2D eigenvalue weighted by molar-refractivity contribution is 5.34. The lowest BCUT2D eigenvalue weighted by Crippen LogP contribution is -2.10. The van der Waals surface area contributed by atoms with Gasteiger partial charge in [-0.05, 0) is 51.3 Å². The molecule has 0 radical (unpaired) electrons. The summed E-state index contributed by atoms with van der Waals surface area (Å²) in [6, 6.07) is 6.93. The molecule has 1 nitrogen and oxygen atoms in total. The second-order valence-corrected chi connectivity index (χ2v) is 4.58. The molecule has 1 N–H and O–H groups in total. The summed E-state index contributed by atoms with van der Waals surface area (Å²) in [6.07, 6.45) is 1.36. The normalized spacial score (nSPS) is 25.1. The zero-order valence-electron chi connectivity index (χ0n) is 9.30. The van der Waals surface area contributed by atoms with Gasteiger partial charge in [0.05, 0.1) is 0 Å². The Hall–Kier alpha value is -0.820. The van der Waals surface area contributed by atoms with Crippen molar-refractivity contribution in [1.29, 1.82) is 0 Å². The van der Waals surface area contributed by atoms with Gasteiger partial charge in [0.1, 0.15) is 0 Å². The highest BCUT2D eigenvalue weighted by atomic mass is 14.8. The summed E-state index contributed by atoms with van der Waals surface area (Å²) >= 11 is 0. The Balaban J connectivity index is 2.11. The van der Waals surface area contributed by atoms with Gasteiger partial charge in [0, 0.05) is 0 Å². The monoisotopic (exact) mass is 189 g/mol. The van der Waals surface area contributed by atoms with E-state index in [1.807, 2.05) is 7.05 Å². The Morgan fingerprint density at radius 2 is 1.86 bits per heavy atom. The van der Waals surface area contributed by atoms with Crippen molar-refractivity contribution in [1.82, 2.24) is 5.32 Å². The minimum absolute atomic E-state index is 0.820. The zero-order valence-corrected chi connectivity index (χ0v) is 9.30. The molecule has 1 aliphatic rings. The Kier molecular flexibility index (Phi) is 2.60. The first-order chi connectivity index (χ1) is 6.70. The molecular formula is C13H19N. The summed E-state index contributed by atoms with van der Waals surface area (Å²) in [6.45, 7) is 5.54. The van der Waals surface area contributed by atoms with Crippen molar-refractivity contribution < 1.29 is 0 Å². The number of rotatable bonds is 3. The lowest BCUT2D eigenvalue weighted by molar-refractivity contribution is 0.698. The van der Waals surface area contributed by atoms with Crippen LogP contribution in [0.3, 0.4) is 0 Å². The third-order valence-electron chi connectivity index (χ3n) is 3.06. The van der Waals surface area contributed by atoms with Gasteiger partial charge in [-0.1, -0.05) is 29.3 Å². The molecule has 1 aromatic rings. The predicted octanol–water partition coefficient (Wildman–Crippen LogP) is 2.63. The quantitative estimate of drug-likeness (QED) is 0.770. The standard InChI is InChI=1S/C13H19N/c1-9-4-10(2)6-11(5-9)13-7-12(13)8-14-3/h4-6,12-14H,7-8H2,1-3H3/t12-,13-/m1/s1. The minimum atomic E-state index is 0.820. The maximum absolute atomic E-state index is 3.26. The maximum atomic E-state index is 3.26. The van der Waals surface area contributed by atoms with Crippen molar-refractivity contribution in [3.8, 4) is 0 Å². The van der Waals surface area contributed by atoms with E-state index < -0.39 is 0 Å². The molecule has 14 heavy (non-hydrogen) atoms. The summed E-state index contributed by atoms with van der Waals surface area (Å²) in [5.41, 5.74) is 4.34. The number of benzene rings is 1. The van der Waals surface area contributed by atoms with E-state index in [1.54, 1.807) is 5.56 Å². The summed E-state index contributed by atoms with van der Waals surface area (Å²) in [7, 11) is 2.04. The fourth-order valence-electron chi connectivity index (χ4n) is 2.37. The molecule has 1 aromatic carbocycles. The average molecular weight is 189 g/mol. The minimum Gasteiger partial charge on any atom is -0.319 e. The Labute approximate surface area is 86.5 Å². The fourth-order valence-corrected chi connectivity index (χ4v) is 2.37. The van der Waals surface area contributed by atoms with E-state index in [0.717, 1.165) is 18.4 Å². The SMILES string of the molecule is CNC[C@H]1C[C@@H]1c1cc(C)cc(C)c1. The van der Waals surface area contributed by atoms with Gasteiger partial charge >= 0.3 is 0 Å². The maximum Gasteiger partial charge on any atom is -0.00175 e. The van der Waals surface area contributed by atoms with Crippen molar-refractivity contribution in [3.63, 3.8) is 0 Å². The van der Waals surface area contributed by atoms with Gasteiger partial charge in [-0.25, -0.2) is 0 Å². The lowest BCUT2D eigenvalue weighted by Gasteiger charge is -2.04. The van der Waals surface area contributed by atoms with Crippen LogP contribution in [0.2, 0.25) is 0 Å². The van der Waals surface area contributed by atoms with Crippen LogP contribution < -0.4 is 5.32 Å². The van der Waals surface area contributed by atoms with Crippen LogP contribution in [-0.4, -0.2) is 13.6 Å². The second kappa shape index (κ2) is 3.74. The number of hydrogen-bond donors (Lipinski definition) is 1.